The van der Waals surface area contributed by atoms with Crippen LogP contribution in [0.2, 0.25) is 0 Å². The van der Waals surface area contributed by atoms with Crippen molar-refractivity contribution in [1.82, 2.24) is 14.6 Å². The molecule has 0 amide bonds. The Morgan fingerprint density at radius 2 is 1.91 bits per heavy atom. The van der Waals surface area contributed by atoms with Crippen LogP contribution in [0.3, 0.4) is 0 Å². The van der Waals surface area contributed by atoms with E-state index in [1.54, 1.807) is 37.5 Å². The summed E-state index contributed by atoms with van der Waals surface area (Å²) in [7, 11) is 1.56. The van der Waals surface area contributed by atoms with Crippen molar-refractivity contribution in [2.24, 2.45) is 0 Å². The number of benzene rings is 2. The molecule has 0 N–H and O–H groups in total. The number of thiazole rings is 1. The normalized spacial score (nSPS) is 11.8. The molecule has 9 heteroatoms. The Morgan fingerprint density at radius 1 is 1.12 bits per heavy atom. The van der Waals surface area contributed by atoms with Crippen molar-refractivity contribution in [1.29, 1.82) is 0 Å². The summed E-state index contributed by atoms with van der Waals surface area (Å²) >= 11 is 1.08. The zero-order valence-electron chi connectivity index (χ0n) is 18.2. The van der Waals surface area contributed by atoms with E-state index in [0.717, 1.165) is 34.3 Å². The van der Waals surface area contributed by atoms with E-state index in [2.05, 4.69) is 17.0 Å². The number of ether oxygens (including phenoxy) is 2. The molecular formula is C24H22FN3O4S. The first-order valence-corrected chi connectivity index (χ1v) is 11.3. The molecule has 0 saturated heterocycles. The number of hydrogen-bond donors (Lipinski definition) is 0. The molecule has 4 rings (SSSR count). The molecule has 0 atom stereocenters. The average molecular weight is 468 g/mol. The van der Waals surface area contributed by atoms with Crippen LogP contribution >= 0.6 is 11.3 Å². The number of halogens is 1. The van der Waals surface area contributed by atoms with Crippen molar-refractivity contribution < 1.29 is 13.9 Å². The summed E-state index contributed by atoms with van der Waals surface area (Å²) in [6, 6.07) is 11.2. The molecule has 0 aliphatic rings. The van der Waals surface area contributed by atoms with E-state index in [9.17, 15) is 14.0 Å². The first kappa shape index (κ1) is 22.6. The Hall–Kier alpha value is -3.59. The summed E-state index contributed by atoms with van der Waals surface area (Å²) in [5, 5.41) is 4.23. The molecule has 0 aliphatic heterocycles. The second-order valence-corrected chi connectivity index (χ2v) is 8.40. The number of methoxy groups -OCH3 is 1. The van der Waals surface area contributed by atoms with Crippen molar-refractivity contribution in [2.45, 2.75) is 26.2 Å². The van der Waals surface area contributed by atoms with E-state index >= 15 is 0 Å². The van der Waals surface area contributed by atoms with Crippen LogP contribution in [0.4, 0.5) is 4.39 Å². The third-order valence-corrected chi connectivity index (χ3v) is 5.94. The third kappa shape index (κ3) is 5.09. The maximum atomic E-state index is 13.1. The van der Waals surface area contributed by atoms with Crippen molar-refractivity contribution >= 4 is 22.4 Å². The van der Waals surface area contributed by atoms with Gasteiger partial charge in [-0.3, -0.25) is 9.59 Å². The van der Waals surface area contributed by atoms with Crippen LogP contribution in [0.15, 0.2) is 52.1 Å². The molecule has 0 fully saturated rings. The second kappa shape index (κ2) is 9.91. The molecule has 2 aromatic heterocycles. The van der Waals surface area contributed by atoms with Gasteiger partial charge < -0.3 is 9.47 Å². The quantitative estimate of drug-likeness (QED) is 0.371. The summed E-state index contributed by atoms with van der Waals surface area (Å²) in [6.45, 7) is 2.69. The van der Waals surface area contributed by atoms with Crippen LogP contribution in [-0.4, -0.2) is 28.3 Å². The van der Waals surface area contributed by atoms with Gasteiger partial charge in [-0.05, 0) is 47.9 Å². The maximum Gasteiger partial charge on any atom is 0.296 e. The number of aromatic nitrogens is 3. The fraction of sp³-hybridized carbons (Fsp3) is 0.250. The first-order chi connectivity index (χ1) is 16.0. The largest absolute Gasteiger partial charge is 0.493 e. The zero-order valence-corrected chi connectivity index (χ0v) is 19.0. The van der Waals surface area contributed by atoms with Gasteiger partial charge in [0.2, 0.25) is 4.96 Å². The molecule has 33 heavy (non-hydrogen) atoms. The van der Waals surface area contributed by atoms with Crippen molar-refractivity contribution in [3.05, 3.63) is 90.3 Å². The highest BCUT2D eigenvalue weighted by molar-refractivity contribution is 7.15. The lowest BCUT2D eigenvalue weighted by atomic mass is 10.1. The minimum Gasteiger partial charge on any atom is -0.493 e. The number of hydrogen-bond acceptors (Lipinski definition) is 7. The summed E-state index contributed by atoms with van der Waals surface area (Å²) in [5.41, 5.74) is 0.682. The van der Waals surface area contributed by atoms with Gasteiger partial charge in [0.05, 0.1) is 18.2 Å². The highest BCUT2D eigenvalue weighted by Gasteiger charge is 2.12. The lowest BCUT2D eigenvalue weighted by Gasteiger charge is -2.10. The molecule has 4 aromatic rings. The molecule has 7 nitrogen and oxygen atoms in total. The van der Waals surface area contributed by atoms with E-state index in [1.165, 1.54) is 12.1 Å². The zero-order chi connectivity index (χ0) is 23.4. The summed E-state index contributed by atoms with van der Waals surface area (Å²) < 4.78 is 25.8. The minimum atomic E-state index is -0.512. The first-order valence-electron chi connectivity index (χ1n) is 10.5. The van der Waals surface area contributed by atoms with Crippen LogP contribution in [0, 0.1) is 5.82 Å². The van der Waals surface area contributed by atoms with Gasteiger partial charge in [-0.15, -0.1) is 0 Å². The van der Waals surface area contributed by atoms with E-state index in [1.807, 2.05) is 6.07 Å². The highest BCUT2D eigenvalue weighted by Crippen LogP contribution is 2.28. The van der Waals surface area contributed by atoms with Crippen LogP contribution in [0.25, 0.3) is 11.0 Å². The summed E-state index contributed by atoms with van der Waals surface area (Å²) in [6.07, 6.45) is 3.83. The Labute approximate surface area is 192 Å². The standard InChI is InChI=1S/C24H22FN3O4S/c1-3-4-11-32-19-10-7-16(13-20(19)31-2)14-21-23(30)28-24(33-21)26-22(29)18(27-28)12-15-5-8-17(25)9-6-15/h5-10,13-14H,3-4,11-12H2,1-2H3/b21-14+. The smallest absolute Gasteiger partial charge is 0.296 e. The molecule has 0 radical (unpaired) electrons. The van der Waals surface area contributed by atoms with Gasteiger partial charge >= 0.3 is 0 Å². The fourth-order valence-corrected chi connectivity index (χ4v) is 4.12. The number of nitrogens with zero attached hydrogens (tertiary/aromatic N) is 3. The van der Waals surface area contributed by atoms with Crippen molar-refractivity contribution in [3.8, 4) is 11.5 Å². The lowest BCUT2D eigenvalue weighted by molar-refractivity contribution is 0.288. The number of fused-ring (bicyclic) bond motifs is 1. The number of unbranched alkanes of at least 4 members (excludes halogenated alkanes) is 1. The molecule has 2 aromatic carbocycles. The fourth-order valence-electron chi connectivity index (χ4n) is 3.22. The van der Waals surface area contributed by atoms with Gasteiger partial charge in [-0.1, -0.05) is 42.9 Å². The Kier molecular flexibility index (Phi) is 6.79. The van der Waals surface area contributed by atoms with Crippen LogP contribution in [-0.2, 0) is 6.42 Å². The maximum absolute atomic E-state index is 13.1. The molecule has 170 valence electrons. The SMILES string of the molecule is CCCCOc1ccc(/C=c2/sc3nc(=O)c(Cc4ccc(F)cc4)nn3c2=O)cc1OC. The van der Waals surface area contributed by atoms with E-state index < -0.39 is 5.56 Å². The molecule has 0 aliphatic carbocycles. The van der Waals surface area contributed by atoms with E-state index in [-0.39, 0.29) is 28.5 Å². The second-order valence-electron chi connectivity index (χ2n) is 7.39. The predicted octanol–water partition coefficient (Wildman–Crippen LogP) is 2.98. The molecule has 0 bridgehead atoms. The summed E-state index contributed by atoms with van der Waals surface area (Å²) in [4.78, 5) is 29.6. The van der Waals surface area contributed by atoms with Crippen molar-refractivity contribution in [3.63, 3.8) is 0 Å². The lowest BCUT2D eigenvalue weighted by Crippen LogP contribution is -2.28. The van der Waals surface area contributed by atoms with Gasteiger partial charge in [-0.2, -0.15) is 14.6 Å². The van der Waals surface area contributed by atoms with Crippen LogP contribution in [0.1, 0.15) is 36.6 Å². The topological polar surface area (TPSA) is 82.8 Å². The van der Waals surface area contributed by atoms with Gasteiger partial charge in [0.15, 0.2) is 11.5 Å². The van der Waals surface area contributed by atoms with E-state index in [4.69, 9.17) is 9.47 Å². The summed E-state index contributed by atoms with van der Waals surface area (Å²) in [5.74, 6) is 0.843. The van der Waals surface area contributed by atoms with Crippen LogP contribution in [0.5, 0.6) is 11.5 Å². The minimum absolute atomic E-state index is 0.121. The van der Waals surface area contributed by atoms with Gasteiger partial charge in [0.25, 0.3) is 11.1 Å². The van der Waals surface area contributed by atoms with E-state index in [0.29, 0.717) is 28.2 Å². The number of rotatable bonds is 8. The molecule has 0 saturated carbocycles. The monoisotopic (exact) mass is 467 g/mol. The van der Waals surface area contributed by atoms with Crippen LogP contribution < -0.4 is 25.1 Å². The van der Waals surface area contributed by atoms with Gasteiger partial charge in [0, 0.05) is 6.42 Å². The molecule has 2 heterocycles. The molecule has 0 unspecified atom stereocenters. The average Bonchev–Trinajstić information content (AvgIpc) is 3.10. The molecular weight excluding hydrogens is 445 g/mol. The predicted molar refractivity (Wildman–Crippen MR) is 125 cm³/mol. The highest BCUT2D eigenvalue weighted by atomic mass is 32.1. The Bertz CT molecular complexity index is 1450. The van der Waals surface area contributed by atoms with Gasteiger partial charge in [-0.25, -0.2) is 4.39 Å². The van der Waals surface area contributed by atoms with Gasteiger partial charge in [0.1, 0.15) is 11.5 Å². The van der Waals surface area contributed by atoms with Crippen molar-refractivity contribution in [2.75, 3.05) is 13.7 Å². The molecule has 0 spiro atoms. The third-order valence-electron chi connectivity index (χ3n) is 4.98. The Morgan fingerprint density at radius 3 is 2.64 bits per heavy atom. The Balaban J connectivity index is 1.68.